The van der Waals surface area contributed by atoms with Crippen molar-refractivity contribution in [2.75, 3.05) is 0 Å². The highest BCUT2D eigenvalue weighted by Gasteiger charge is 2.10. The third kappa shape index (κ3) is 1.45. The van der Waals surface area contributed by atoms with Gasteiger partial charge in [0.1, 0.15) is 0 Å². The second kappa shape index (κ2) is 3.70. The van der Waals surface area contributed by atoms with Gasteiger partial charge in [-0.05, 0) is 48.6 Å². The van der Waals surface area contributed by atoms with Crippen LogP contribution in [0.3, 0.4) is 0 Å². The van der Waals surface area contributed by atoms with Gasteiger partial charge in [-0.2, -0.15) is 0 Å². The summed E-state index contributed by atoms with van der Waals surface area (Å²) < 4.78 is 0. The molecule has 15 heavy (non-hydrogen) atoms. The molecule has 80 valence electrons. The van der Waals surface area contributed by atoms with E-state index >= 15 is 0 Å². The van der Waals surface area contributed by atoms with E-state index in [0.717, 1.165) is 6.42 Å². The van der Waals surface area contributed by atoms with Crippen LogP contribution < -0.4 is 5.73 Å². The van der Waals surface area contributed by atoms with Gasteiger partial charge >= 0.3 is 0 Å². The number of aryl methyl sites for hydroxylation is 3. The van der Waals surface area contributed by atoms with Crippen LogP contribution >= 0.6 is 0 Å². The van der Waals surface area contributed by atoms with Crippen LogP contribution in [-0.2, 0) is 13.0 Å². The van der Waals surface area contributed by atoms with Crippen LogP contribution in [0.4, 0.5) is 0 Å². The number of nitrogens with two attached hydrogens (primary N) is 1. The number of fused-ring (bicyclic) bond motifs is 1. The summed E-state index contributed by atoms with van der Waals surface area (Å²) in [6.07, 6.45) is 3.17. The summed E-state index contributed by atoms with van der Waals surface area (Å²) in [5.41, 5.74) is 12.3. The summed E-state index contributed by atoms with van der Waals surface area (Å²) >= 11 is 0. The summed E-state index contributed by atoms with van der Waals surface area (Å²) in [5.74, 6) is 0. The fourth-order valence-electron chi connectivity index (χ4n) is 2.38. The molecule has 0 amide bonds. The zero-order valence-electron chi connectivity index (χ0n) is 9.65. The first kappa shape index (κ1) is 10.2. The van der Waals surface area contributed by atoms with Gasteiger partial charge in [0.25, 0.3) is 0 Å². The van der Waals surface area contributed by atoms with E-state index in [1.54, 1.807) is 0 Å². The number of aromatic amines is 1. The Bertz CT molecular complexity index is 495. The summed E-state index contributed by atoms with van der Waals surface area (Å²) in [5, 5.41) is 1.36. The Morgan fingerprint density at radius 2 is 2.07 bits per heavy atom. The predicted molar refractivity (Wildman–Crippen MR) is 65.0 cm³/mol. The third-order valence-electron chi connectivity index (χ3n) is 3.24. The van der Waals surface area contributed by atoms with Gasteiger partial charge in [0, 0.05) is 23.6 Å². The minimum Gasteiger partial charge on any atom is -0.361 e. The van der Waals surface area contributed by atoms with E-state index in [0.29, 0.717) is 6.54 Å². The van der Waals surface area contributed by atoms with Gasteiger partial charge in [-0.25, -0.2) is 0 Å². The molecule has 0 saturated heterocycles. The molecule has 2 heteroatoms. The first-order valence-corrected chi connectivity index (χ1v) is 5.48. The molecule has 0 aliphatic heterocycles. The largest absolute Gasteiger partial charge is 0.361 e. The number of nitrogens with one attached hydrogen (secondary N) is 1. The standard InChI is InChI=1S/C13H18N2/c1-4-10-7-15-12-5-8(2)11(6-14)9(3)13(10)12/h5,7,15H,4,6,14H2,1-3H3. The van der Waals surface area contributed by atoms with Gasteiger partial charge in [-0.3, -0.25) is 0 Å². The van der Waals surface area contributed by atoms with Crippen molar-refractivity contribution in [1.82, 2.24) is 4.98 Å². The zero-order chi connectivity index (χ0) is 11.0. The maximum Gasteiger partial charge on any atom is 0.0462 e. The molecule has 2 nitrogen and oxygen atoms in total. The van der Waals surface area contributed by atoms with E-state index < -0.39 is 0 Å². The average molecular weight is 202 g/mol. The molecule has 1 aromatic heterocycles. The van der Waals surface area contributed by atoms with Crippen LogP contribution in [0.1, 0.15) is 29.2 Å². The maximum absolute atomic E-state index is 5.79. The second-order valence-electron chi connectivity index (χ2n) is 4.09. The predicted octanol–water partition coefficient (Wildman–Crippen LogP) is 2.81. The molecular formula is C13H18N2. The minimum atomic E-state index is 0.627. The quantitative estimate of drug-likeness (QED) is 0.772. The van der Waals surface area contributed by atoms with Crippen molar-refractivity contribution in [3.63, 3.8) is 0 Å². The van der Waals surface area contributed by atoms with Crippen LogP contribution in [0.5, 0.6) is 0 Å². The van der Waals surface area contributed by atoms with Crippen molar-refractivity contribution in [3.8, 4) is 0 Å². The fourth-order valence-corrected chi connectivity index (χ4v) is 2.38. The average Bonchev–Trinajstić information content (AvgIpc) is 2.61. The molecule has 0 atom stereocenters. The molecule has 0 aliphatic carbocycles. The van der Waals surface area contributed by atoms with Crippen LogP contribution in [-0.4, -0.2) is 4.98 Å². The Kier molecular flexibility index (Phi) is 2.53. The highest BCUT2D eigenvalue weighted by Crippen LogP contribution is 2.27. The van der Waals surface area contributed by atoms with Crippen LogP contribution in [0.2, 0.25) is 0 Å². The lowest BCUT2D eigenvalue weighted by molar-refractivity contribution is 1.03. The van der Waals surface area contributed by atoms with E-state index in [1.807, 2.05) is 0 Å². The Morgan fingerprint density at radius 3 is 2.67 bits per heavy atom. The van der Waals surface area contributed by atoms with Crippen molar-refractivity contribution in [1.29, 1.82) is 0 Å². The molecule has 0 fully saturated rings. The first-order valence-electron chi connectivity index (χ1n) is 5.48. The molecule has 0 aliphatic rings. The fraction of sp³-hybridized carbons (Fsp3) is 0.385. The summed E-state index contributed by atoms with van der Waals surface area (Å²) in [7, 11) is 0. The molecule has 1 heterocycles. The van der Waals surface area contributed by atoms with Crippen molar-refractivity contribution in [2.24, 2.45) is 5.73 Å². The lowest BCUT2D eigenvalue weighted by Crippen LogP contribution is -2.02. The Hall–Kier alpha value is -1.28. The van der Waals surface area contributed by atoms with E-state index in [2.05, 4.69) is 38.0 Å². The van der Waals surface area contributed by atoms with Gasteiger partial charge in [0.15, 0.2) is 0 Å². The van der Waals surface area contributed by atoms with Gasteiger partial charge in [0.2, 0.25) is 0 Å². The van der Waals surface area contributed by atoms with Crippen LogP contribution in [0.25, 0.3) is 10.9 Å². The maximum atomic E-state index is 5.79. The first-order chi connectivity index (χ1) is 7.19. The minimum absolute atomic E-state index is 0.627. The number of H-pyrrole nitrogens is 1. The Morgan fingerprint density at radius 1 is 1.33 bits per heavy atom. The molecule has 0 unspecified atom stereocenters. The number of benzene rings is 1. The molecule has 0 spiro atoms. The summed E-state index contributed by atoms with van der Waals surface area (Å²) in [6.45, 7) is 7.11. The van der Waals surface area contributed by atoms with Gasteiger partial charge in [-0.15, -0.1) is 0 Å². The molecule has 3 N–H and O–H groups in total. The SMILES string of the molecule is CCc1c[nH]c2cc(C)c(CN)c(C)c12. The van der Waals surface area contributed by atoms with Gasteiger partial charge in [0.05, 0.1) is 0 Å². The monoisotopic (exact) mass is 202 g/mol. The molecular weight excluding hydrogens is 184 g/mol. The normalized spacial score (nSPS) is 11.2. The highest BCUT2D eigenvalue weighted by atomic mass is 14.7. The number of rotatable bonds is 2. The van der Waals surface area contributed by atoms with Crippen LogP contribution in [0.15, 0.2) is 12.3 Å². The van der Waals surface area contributed by atoms with E-state index in [1.165, 1.54) is 33.2 Å². The zero-order valence-corrected chi connectivity index (χ0v) is 9.65. The smallest absolute Gasteiger partial charge is 0.0462 e. The lowest BCUT2D eigenvalue weighted by atomic mass is 9.96. The van der Waals surface area contributed by atoms with Gasteiger partial charge in [-0.1, -0.05) is 6.92 Å². The lowest BCUT2D eigenvalue weighted by Gasteiger charge is -2.10. The number of hydrogen-bond donors (Lipinski definition) is 2. The van der Waals surface area contributed by atoms with Gasteiger partial charge < -0.3 is 10.7 Å². The topological polar surface area (TPSA) is 41.8 Å². The van der Waals surface area contributed by atoms with E-state index in [9.17, 15) is 0 Å². The molecule has 2 aromatic rings. The van der Waals surface area contributed by atoms with Crippen molar-refractivity contribution >= 4 is 10.9 Å². The molecule has 0 radical (unpaired) electrons. The number of aromatic nitrogens is 1. The van der Waals surface area contributed by atoms with Crippen molar-refractivity contribution in [3.05, 3.63) is 34.5 Å². The van der Waals surface area contributed by atoms with E-state index in [-0.39, 0.29) is 0 Å². The van der Waals surface area contributed by atoms with E-state index in [4.69, 9.17) is 5.73 Å². The van der Waals surface area contributed by atoms with Crippen LogP contribution in [0, 0.1) is 13.8 Å². The second-order valence-corrected chi connectivity index (χ2v) is 4.09. The molecule has 2 rings (SSSR count). The summed E-state index contributed by atoms with van der Waals surface area (Å²) in [4.78, 5) is 3.33. The molecule has 0 bridgehead atoms. The number of hydrogen-bond acceptors (Lipinski definition) is 1. The van der Waals surface area contributed by atoms with Crippen molar-refractivity contribution < 1.29 is 0 Å². The Balaban J connectivity index is 2.83. The van der Waals surface area contributed by atoms with Crippen molar-refractivity contribution in [2.45, 2.75) is 33.7 Å². The highest BCUT2D eigenvalue weighted by molar-refractivity contribution is 5.88. The Labute approximate surface area is 90.5 Å². The summed E-state index contributed by atoms with van der Waals surface area (Å²) in [6, 6.07) is 2.20. The molecule has 0 saturated carbocycles. The third-order valence-corrected chi connectivity index (χ3v) is 3.24. The molecule has 1 aromatic carbocycles.